The summed E-state index contributed by atoms with van der Waals surface area (Å²) in [7, 11) is 0. The highest BCUT2D eigenvalue weighted by Gasteiger charge is 2.58. The molecule has 1 aromatic carbocycles. The predicted molar refractivity (Wildman–Crippen MR) is 106 cm³/mol. The Bertz CT molecular complexity index is 871. The van der Waals surface area contributed by atoms with Crippen molar-refractivity contribution < 1.29 is 64.7 Å². The molecule has 0 saturated carbocycles. The number of ether oxygens (including phenoxy) is 3. The molecule has 0 radical (unpaired) electrons. The Hall–Kier alpha value is -2.24. The van der Waals surface area contributed by atoms with Crippen molar-refractivity contribution in [3.05, 3.63) is 35.9 Å². The number of hydrogen-bond acceptors (Lipinski definition) is 13. The molecular formula is C20H27NO13. The van der Waals surface area contributed by atoms with E-state index in [1.165, 1.54) is 24.3 Å². The fourth-order valence-electron chi connectivity index (χ4n) is 3.52. The molecule has 3 rings (SSSR count). The molecule has 2 aliphatic heterocycles. The Morgan fingerprint density at radius 3 is 2.12 bits per heavy atom. The minimum absolute atomic E-state index is 0.0449. The van der Waals surface area contributed by atoms with Crippen LogP contribution in [0.2, 0.25) is 0 Å². The van der Waals surface area contributed by atoms with Crippen LogP contribution < -0.4 is 5.32 Å². The van der Waals surface area contributed by atoms with Gasteiger partial charge in [-0.2, -0.15) is 0 Å². The highest BCUT2D eigenvalue weighted by molar-refractivity contribution is 5.92. The molecule has 0 spiro atoms. The molecule has 0 aliphatic carbocycles. The van der Waals surface area contributed by atoms with Crippen molar-refractivity contribution in [1.29, 1.82) is 0 Å². The topological polar surface area (TPSA) is 236 Å². The van der Waals surface area contributed by atoms with E-state index in [1.54, 1.807) is 6.07 Å². The third kappa shape index (κ3) is 5.06. The summed E-state index contributed by atoms with van der Waals surface area (Å²) in [6.07, 6.45) is -13.6. The van der Waals surface area contributed by atoms with Gasteiger partial charge in [0, 0.05) is 0 Å². The molecule has 1 aromatic rings. The molecule has 9 atom stereocenters. The lowest BCUT2D eigenvalue weighted by Gasteiger charge is -2.45. The number of esters is 1. The number of amides is 1. The van der Waals surface area contributed by atoms with Crippen LogP contribution in [0.1, 0.15) is 10.4 Å². The molecule has 2 heterocycles. The van der Waals surface area contributed by atoms with Crippen molar-refractivity contribution in [1.82, 2.24) is 5.32 Å². The number of hydrogen-bond donors (Lipinski definition) is 9. The summed E-state index contributed by atoms with van der Waals surface area (Å²) in [4.78, 5) is 25.5. The lowest BCUT2D eigenvalue weighted by molar-refractivity contribution is -0.345. The van der Waals surface area contributed by atoms with Crippen molar-refractivity contribution in [3.8, 4) is 0 Å². The minimum Gasteiger partial charge on any atom is -0.443 e. The zero-order valence-electron chi connectivity index (χ0n) is 17.7. The van der Waals surface area contributed by atoms with Crippen LogP contribution in [0.5, 0.6) is 0 Å². The van der Waals surface area contributed by atoms with Crippen LogP contribution >= 0.6 is 0 Å². The van der Waals surface area contributed by atoms with Crippen molar-refractivity contribution in [2.75, 3.05) is 19.8 Å². The van der Waals surface area contributed by atoms with Gasteiger partial charge in [0.05, 0.1) is 25.3 Å². The Balaban J connectivity index is 1.83. The Labute approximate surface area is 192 Å². The van der Waals surface area contributed by atoms with Gasteiger partial charge in [-0.05, 0) is 12.1 Å². The van der Waals surface area contributed by atoms with Crippen LogP contribution in [0.15, 0.2) is 30.3 Å². The number of rotatable bonds is 6. The van der Waals surface area contributed by atoms with Crippen molar-refractivity contribution >= 4 is 11.9 Å². The zero-order chi connectivity index (χ0) is 25.3. The number of nitrogens with one attached hydrogen (secondary N) is 1. The fraction of sp³-hybridized carbons (Fsp3) is 0.600. The molecule has 1 unspecified atom stereocenters. The molecule has 190 valence electrons. The van der Waals surface area contributed by atoms with Gasteiger partial charge < -0.3 is 60.4 Å². The highest BCUT2D eigenvalue weighted by atomic mass is 16.7. The fourth-order valence-corrected chi connectivity index (χ4v) is 3.52. The van der Waals surface area contributed by atoms with Gasteiger partial charge in [-0.3, -0.25) is 4.79 Å². The largest absolute Gasteiger partial charge is 0.443 e. The maximum atomic E-state index is 12.9. The smallest absolute Gasteiger partial charge is 0.339 e. The highest BCUT2D eigenvalue weighted by Crippen LogP contribution is 2.30. The maximum absolute atomic E-state index is 12.9. The van der Waals surface area contributed by atoms with Crippen LogP contribution in [0.3, 0.4) is 0 Å². The predicted octanol–water partition coefficient (Wildman–Crippen LogP) is -5.07. The molecule has 2 fully saturated rings. The lowest BCUT2D eigenvalue weighted by Crippen LogP contribution is -2.70. The standard InChI is InChI=1S/C20H27NO13/c22-10-6-32-19(30,14(26)12(10)24)8-21-17(28)16(34-18(29)9-4-2-1-3-5-9)20(31)15(27)13(25)11(23)7-33-20/h1-5,10-16,22-27,30-31H,6-8H2,(H,21,28)/t10-,11-,12-,13-,14+,15+,16?,19-,20+/m1/s1. The van der Waals surface area contributed by atoms with Gasteiger partial charge in [0.2, 0.25) is 17.7 Å². The SMILES string of the molecule is O=C(OC(C(=O)NC[C@@]1(O)OC[C@@H](O)[C@@H](O)[C@@H]1O)[C@@]1(O)OC[C@@H](O)[C@@H](O)[C@@H]1O)c1ccccc1. The van der Waals surface area contributed by atoms with Gasteiger partial charge in [0.1, 0.15) is 36.6 Å². The second-order valence-electron chi connectivity index (χ2n) is 8.09. The van der Waals surface area contributed by atoms with Crippen molar-refractivity contribution in [2.45, 2.75) is 54.3 Å². The summed E-state index contributed by atoms with van der Waals surface area (Å²) in [5.74, 6) is -8.10. The second-order valence-corrected chi connectivity index (χ2v) is 8.09. The Kier molecular flexibility index (Phi) is 7.89. The third-order valence-electron chi connectivity index (χ3n) is 5.67. The first-order valence-electron chi connectivity index (χ1n) is 10.3. The number of aliphatic hydroxyl groups is 8. The van der Waals surface area contributed by atoms with Crippen LogP contribution in [-0.2, 0) is 19.0 Å². The Morgan fingerprint density at radius 2 is 1.50 bits per heavy atom. The molecule has 14 nitrogen and oxygen atoms in total. The van der Waals surface area contributed by atoms with Crippen LogP contribution in [0.4, 0.5) is 0 Å². The van der Waals surface area contributed by atoms with E-state index < -0.39 is 85.9 Å². The third-order valence-corrected chi connectivity index (χ3v) is 5.67. The molecular weight excluding hydrogens is 462 g/mol. The van der Waals surface area contributed by atoms with Gasteiger partial charge in [-0.1, -0.05) is 18.2 Å². The van der Waals surface area contributed by atoms with E-state index in [9.17, 15) is 50.4 Å². The second kappa shape index (κ2) is 10.2. The summed E-state index contributed by atoms with van der Waals surface area (Å²) >= 11 is 0. The number of benzene rings is 1. The van der Waals surface area contributed by atoms with Crippen LogP contribution in [0, 0.1) is 0 Å². The summed E-state index contributed by atoms with van der Waals surface area (Å²) in [6.45, 7) is -2.25. The summed E-state index contributed by atoms with van der Waals surface area (Å²) in [6, 6.07) is 7.24. The number of carbonyl (C=O) groups excluding carboxylic acids is 2. The minimum atomic E-state index is -3.03. The van der Waals surface area contributed by atoms with Gasteiger partial charge >= 0.3 is 5.97 Å². The van der Waals surface area contributed by atoms with Crippen molar-refractivity contribution in [3.63, 3.8) is 0 Å². The summed E-state index contributed by atoms with van der Waals surface area (Å²) < 4.78 is 15.0. The van der Waals surface area contributed by atoms with E-state index in [0.717, 1.165) is 0 Å². The normalized spacial score (nSPS) is 39.2. The molecule has 1 amide bonds. The lowest BCUT2D eigenvalue weighted by atomic mass is 9.91. The van der Waals surface area contributed by atoms with Gasteiger partial charge in [-0.15, -0.1) is 0 Å². The average Bonchev–Trinajstić information content (AvgIpc) is 2.84. The van der Waals surface area contributed by atoms with Gasteiger partial charge in [-0.25, -0.2) is 4.79 Å². The van der Waals surface area contributed by atoms with E-state index in [2.05, 4.69) is 0 Å². The molecule has 14 heteroatoms. The molecule has 2 saturated heterocycles. The summed E-state index contributed by atoms with van der Waals surface area (Å²) in [5.41, 5.74) is -0.0449. The summed E-state index contributed by atoms with van der Waals surface area (Å²) in [5, 5.41) is 82.6. The molecule has 9 N–H and O–H groups in total. The monoisotopic (exact) mass is 489 g/mol. The van der Waals surface area contributed by atoms with E-state index >= 15 is 0 Å². The first-order valence-corrected chi connectivity index (χ1v) is 10.3. The maximum Gasteiger partial charge on any atom is 0.339 e. The molecule has 0 aromatic heterocycles. The first kappa shape index (κ1) is 26.4. The van der Waals surface area contributed by atoms with E-state index in [1.807, 2.05) is 5.32 Å². The zero-order valence-corrected chi connectivity index (χ0v) is 17.7. The Morgan fingerprint density at radius 1 is 0.941 bits per heavy atom. The molecule has 34 heavy (non-hydrogen) atoms. The van der Waals surface area contributed by atoms with Crippen LogP contribution in [0.25, 0.3) is 0 Å². The van der Waals surface area contributed by atoms with Gasteiger partial charge in [0.25, 0.3) is 5.91 Å². The quantitative estimate of drug-likeness (QED) is 0.170. The van der Waals surface area contributed by atoms with Crippen LogP contribution in [-0.4, -0.2) is 127 Å². The van der Waals surface area contributed by atoms with E-state index in [-0.39, 0.29) is 5.56 Å². The van der Waals surface area contributed by atoms with Crippen molar-refractivity contribution in [2.24, 2.45) is 0 Å². The average molecular weight is 489 g/mol. The van der Waals surface area contributed by atoms with Gasteiger partial charge in [0.15, 0.2) is 0 Å². The van der Waals surface area contributed by atoms with E-state index in [0.29, 0.717) is 0 Å². The molecule has 0 bridgehead atoms. The number of carbonyl (C=O) groups is 2. The number of aliphatic hydroxyl groups excluding tert-OH is 6. The first-order chi connectivity index (χ1) is 15.9. The molecule has 2 aliphatic rings. The van der Waals surface area contributed by atoms with E-state index in [4.69, 9.17) is 14.2 Å².